The number of nitrogens with zero attached hydrogens (tertiary/aromatic N) is 4. The molecule has 1 amide bonds. The molecule has 2 heterocycles. The van der Waals surface area contributed by atoms with E-state index in [9.17, 15) is 4.79 Å². The zero-order valence-corrected chi connectivity index (χ0v) is 15.0. The van der Waals surface area contributed by atoms with E-state index < -0.39 is 0 Å². The van der Waals surface area contributed by atoms with Crippen molar-refractivity contribution in [1.82, 2.24) is 14.7 Å². The van der Waals surface area contributed by atoms with Gasteiger partial charge in [-0.3, -0.25) is 14.6 Å². The minimum atomic E-state index is -0.250. The number of carbonyl (C=O) groups is 2. The Kier molecular flexibility index (Phi) is 9.84. The third-order valence-corrected chi connectivity index (χ3v) is 4.07. The van der Waals surface area contributed by atoms with Gasteiger partial charge in [-0.1, -0.05) is 0 Å². The van der Waals surface area contributed by atoms with Crippen molar-refractivity contribution >= 4 is 12.6 Å². The molecule has 2 saturated heterocycles. The van der Waals surface area contributed by atoms with Gasteiger partial charge in [0.2, 0.25) is 0 Å². The lowest BCUT2D eigenvalue weighted by Crippen LogP contribution is -2.49. The van der Waals surface area contributed by atoms with Crippen molar-refractivity contribution < 1.29 is 24.2 Å². The van der Waals surface area contributed by atoms with Gasteiger partial charge in [0.15, 0.2) is 0 Å². The Labute approximate surface area is 148 Å². The number of rotatable bonds is 4. The third-order valence-electron chi connectivity index (χ3n) is 4.07. The van der Waals surface area contributed by atoms with Crippen LogP contribution in [0, 0.1) is 11.3 Å². The van der Waals surface area contributed by atoms with Crippen LogP contribution < -0.4 is 0 Å². The van der Waals surface area contributed by atoms with Crippen LogP contribution in [-0.2, 0) is 14.3 Å². The second-order valence-electron chi connectivity index (χ2n) is 6.16. The van der Waals surface area contributed by atoms with Crippen LogP contribution in [0.5, 0.6) is 0 Å². The molecule has 2 aliphatic rings. The van der Waals surface area contributed by atoms with E-state index in [0.29, 0.717) is 26.2 Å². The van der Waals surface area contributed by atoms with Gasteiger partial charge in [-0.15, -0.1) is 0 Å². The van der Waals surface area contributed by atoms with E-state index in [1.807, 2.05) is 13.8 Å². The maximum absolute atomic E-state index is 12.1. The summed E-state index contributed by atoms with van der Waals surface area (Å²) in [5, 5.41) is 15.6. The number of carbonyl (C=O) groups excluding carboxylic acids is 1. The minimum absolute atomic E-state index is 0.0597. The number of carboxylic acid groups (broad SMARTS) is 1. The second kappa shape index (κ2) is 11.6. The molecular weight excluding hydrogens is 328 g/mol. The number of nitriles is 1. The summed E-state index contributed by atoms with van der Waals surface area (Å²) in [5.41, 5.74) is 0. The lowest BCUT2D eigenvalue weighted by Gasteiger charge is -2.35. The smallest absolute Gasteiger partial charge is 0.409 e. The maximum atomic E-state index is 12.1. The molecule has 9 heteroatoms. The molecule has 2 fully saturated rings. The highest BCUT2D eigenvalue weighted by Gasteiger charge is 2.27. The highest BCUT2D eigenvalue weighted by Crippen LogP contribution is 2.11. The van der Waals surface area contributed by atoms with Gasteiger partial charge in [0, 0.05) is 32.7 Å². The van der Waals surface area contributed by atoms with Crippen molar-refractivity contribution in [2.45, 2.75) is 26.1 Å². The Morgan fingerprint density at radius 2 is 1.76 bits per heavy atom. The molecule has 2 rings (SSSR count). The molecule has 2 atom stereocenters. The molecular formula is C16H28N4O5. The Morgan fingerprint density at radius 1 is 1.24 bits per heavy atom. The van der Waals surface area contributed by atoms with Crippen molar-refractivity contribution in [2.24, 2.45) is 0 Å². The molecule has 0 aromatic heterocycles. The molecule has 0 radical (unpaired) electrons. The fraction of sp³-hybridized carbons (Fsp3) is 0.812. The molecule has 0 bridgehead atoms. The van der Waals surface area contributed by atoms with Gasteiger partial charge in [0.25, 0.3) is 6.47 Å². The van der Waals surface area contributed by atoms with E-state index in [0.717, 1.165) is 32.7 Å². The normalized spacial score (nSPS) is 24.6. The van der Waals surface area contributed by atoms with Gasteiger partial charge >= 0.3 is 6.09 Å². The summed E-state index contributed by atoms with van der Waals surface area (Å²) in [6, 6.07) is 2.18. The molecule has 25 heavy (non-hydrogen) atoms. The number of hydrogen-bond donors (Lipinski definition) is 1. The van der Waals surface area contributed by atoms with Crippen LogP contribution in [0.3, 0.4) is 0 Å². The summed E-state index contributed by atoms with van der Waals surface area (Å²) in [7, 11) is 0. The molecule has 1 N–H and O–H groups in total. The van der Waals surface area contributed by atoms with Crippen molar-refractivity contribution in [3.8, 4) is 6.07 Å². The molecule has 0 aromatic rings. The van der Waals surface area contributed by atoms with E-state index in [1.54, 1.807) is 4.90 Å². The molecule has 142 valence electrons. The van der Waals surface area contributed by atoms with Gasteiger partial charge in [-0.2, -0.15) is 5.26 Å². The first-order valence-corrected chi connectivity index (χ1v) is 8.46. The molecule has 2 aliphatic heterocycles. The molecule has 0 aromatic carbocycles. The lowest BCUT2D eigenvalue weighted by atomic mass is 10.2. The Balaban J connectivity index is 0.000000970. The van der Waals surface area contributed by atoms with Gasteiger partial charge in [-0.05, 0) is 13.8 Å². The Bertz CT molecular complexity index is 438. The molecule has 0 saturated carbocycles. The van der Waals surface area contributed by atoms with Crippen LogP contribution >= 0.6 is 0 Å². The van der Waals surface area contributed by atoms with Crippen LogP contribution in [0.1, 0.15) is 13.8 Å². The number of hydrogen-bond acceptors (Lipinski definition) is 7. The van der Waals surface area contributed by atoms with E-state index in [-0.39, 0.29) is 24.8 Å². The van der Waals surface area contributed by atoms with Crippen molar-refractivity contribution in [3.05, 3.63) is 0 Å². The molecule has 0 unspecified atom stereocenters. The van der Waals surface area contributed by atoms with Gasteiger partial charge < -0.3 is 19.5 Å². The van der Waals surface area contributed by atoms with Crippen LogP contribution in [0.15, 0.2) is 0 Å². The average Bonchev–Trinajstić information content (AvgIpc) is 2.56. The van der Waals surface area contributed by atoms with E-state index in [4.69, 9.17) is 24.6 Å². The van der Waals surface area contributed by atoms with Crippen LogP contribution in [-0.4, -0.2) is 104 Å². The quantitative estimate of drug-likeness (QED) is 0.557. The summed E-state index contributed by atoms with van der Waals surface area (Å²) in [6.07, 6.45) is -0.126. The molecule has 0 aliphatic carbocycles. The van der Waals surface area contributed by atoms with E-state index in [1.165, 1.54) is 0 Å². The Hall–Kier alpha value is -1.89. The number of morpholine rings is 1. The average molecular weight is 356 g/mol. The summed E-state index contributed by atoms with van der Waals surface area (Å²) >= 11 is 0. The maximum Gasteiger partial charge on any atom is 0.409 e. The highest BCUT2D eigenvalue weighted by molar-refractivity contribution is 5.67. The zero-order chi connectivity index (χ0) is 18.7. The first-order chi connectivity index (χ1) is 12.0. The summed E-state index contributed by atoms with van der Waals surface area (Å²) in [4.78, 5) is 26.5. The summed E-state index contributed by atoms with van der Waals surface area (Å²) in [6.45, 7) is 10.2. The predicted octanol–water partition coefficient (Wildman–Crippen LogP) is 0.0742. The predicted molar refractivity (Wildman–Crippen MR) is 90.1 cm³/mol. The fourth-order valence-electron chi connectivity index (χ4n) is 2.95. The third kappa shape index (κ3) is 8.16. The molecule has 0 spiro atoms. The van der Waals surface area contributed by atoms with E-state index in [2.05, 4.69) is 15.9 Å². The van der Waals surface area contributed by atoms with Gasteiger partial charge in [0.05, 0.1) is 37.9 Å². The number of piperazine rings is 1. The van der Waals surface area contributed by atoms with Crippen LogP contribution in [0.2, 0.25) is 0 Å². The SMILES string of the molecule is C[C@@H]1CN(C(=O)OCCN2CCN(CC#N)CC2)C[C@H](C)O1.O=CO. The van der Waals surface area contributed by atoms with Gasteiger partial charge in [0.1, 0.15) is 6.61 Å². The minimum Gasteiger partial charge on any atom is -0.483 e. The van der Waals surface area contributed by atoms with Crippen molar-refractivity contribution in [3.63, 3.8) is 0 Å². The lowest BCUT2D eigenvalue weighted by molar-refractivity contribution is -0.122. The topological polar surface area (TPSA) is 106 Å². The van der Waals surface area contributed by atoms with Gasteiger partial charge in [-0.25, -0.2) is 4.79 Å². The summed E-state index contributed by atoms with van der Waals surface area (Å²) < 4.78 is 11.0. The second-order valence-corrected chi connectivity index (χ2v) is 6.16. The first kappa shape index (κ1) is 21.2. The Morgan fingerprint density at radius 3 is 2.28 bits per heavy atom. The van der Waals surface area contributed by atoms with Crippen molar-refractivity contribution in [1.29, 1.82) is 5.26 Å². The standard InChI is InChI=1S/C15H26N4O3.CH2O2/c1-13-11-19(12-14(2)22-13)15(20)21-10-9-18-7-5-17(4-3-16)6-8-18;2-1-3/h13-14H,4-12H2,1-2H3;1H,(H,2,3)/t13-,14+;. The first-order valence-electron chi connectivity index (χ1n) is 8.46. The monoisotopic (exact) mass is 356 g/mol. The summed E-state index contributed by atoms with van der Waals surface area (Å²) in [5.74, 6) is 0. The highest BCUT2D eigenvalue weighted by atomic mass is 16.6. The largest absolute Gasteiger partial charge is 0.483 e. The van der Waals surface area contributed by atoms with Crippen molar-refractivity contribution in [2.75, 3.05) is 59.0 Å². The molecule has 9 nitrogen and oxygen atoms in total. The number of amides is 1. The van der Waals surface area contributed by atoms with Crippen LogP contribution in [0.4, 0.5) is 4.79 Å². The zero-order valence-electron chi connectivity index (χ0n) is 15.0. The van der Waals surface area contributed by atoms with Crippen LogP contribution in [0.25, 0.3) is 0 Å². The van der Waals surface area contributed by atoms with E-state index >= 15 is 0 Å². The number of ether oxygens (including phenoxy) is 2. The fourth-order valence-corrected chi connectivity index (χ4v) is 2.95.